The van der Waals surface area contributed by atoms with Crippen molar-refractivity contribution in [3.63, 3.8) is 0 Å². The lowest BCUT2D eigenvalue weighted by Crippen LogP contribution is -2.60. The molecule has 1 aliphatic rings. The molecule has 3 rings (SSSR count). The number of Topliss-reactive ketones (excluding diaryl/α,β-unsaturated/α-hetero) is 1. The van der Waals surface area contributed by atoms with Crippen LogP contribution >= 0.6 is 0 Å². The van der Waals surface area contributed by atoms with E-state index >= 15 is 0 Å². The number of nitrogens with zero attached hydrogens (tertiary/aromatic N) is 2. The SMILES string of the molecule is CC1(C)CC(=O)CC(C)(C)N1Cc1nc2ccccc2c(=O)[nH]1. The van der Waals surface area contributed by atoms with E-state index in [-0.39, 0.29) is 22.4 Å². The number of aromatic nitrogens is 2. The topological polar surface area (TPSA) is 66.1 Å². The van der Waals surface area contributed by atoms with Crippen molar-refractivity contribution in [3.8, 4) is 0 Å². The van der Waals surface area contributed by atoms with Crippen molar-refractivity contribution in [1.29, 1.82) is 0 Å². The standard InChI is InChI=1S/C18H23N3O2/c1-17(2)9-12(22)10-18(3,4)21(17)11-15-19-14-8-6-5-7-13(14)16(23)20-15/h5-8H,9-11H2,1-4H3,(H,19,20,23). The zero-order valence-electron chi connectivity index (χ0n) is 14.1. The fourth-order valence-electron chi connectivity index (χ4n) is 3.83. The highest BCUT2D eigenvalue weighted by Crippen LogP contribution is 2.37. The van der Waals surface area contributed by atoms with E-state index in [2.05, 4.69) is 42.6 Å². The third-order valence-electron chi connectivity index (χ3n) is 4.69. The molecule has 1 saturated heterocycles. The number of para-hydroxylation sites is 1. The van der Waals surface area contributed by atoms with Crippen molar-refractivity contribution >= 4 is 16.7 Å². The minimum atomic E-state index is -0.261. The van der Waals surface area contributed by atoms with Gasteiger partial charge >= 0.3 is 0 Å². The molecule has 23 heavy (non-hydrogen) atoms. The van der Waals surface area contributed by atoms with Gasteiger partial charge in [-0.2, -0.15) is 0 Å². The van der Waals surface area contributed by atoms with Crippen LogP contribution in [0.5, 0.6) is 0 Å². The van der Waals surface area contributed by atoms with Gasteiger partial charge in [0.25, 0.3) is 5.56 Å². The van der Waals surface area contributed by atoms with Crippen LogP contribution in [0.1, 0.15) is 46.4 Å². The predicted octanol–water partition coefficient (Wildman–Crippen LogP) is 2.65. The average molecular weight is 313 g/mol. The summed E-state index contributed by atoms with van der Waals surface area (Å²) in [6, 6.07) is 7.34. The maximum atomic E-state index is 12.2. The number of benzene rings is 1. The number of rotatable bonds is 2. The van der Waals surface area contributed by atoms with Crippen LogP contribution in [0.25, 0.3) is 10.9 Å². The monoisotopic (exact) mass is 313 g/mol. The summed E-state index contributed by atoms with van der Waals surface area (Å²) >= 11 is 0. The van der Waals surface area contributed by atoms with Gasteiger partial charge in [0.2, 0.25) is 0 Å². The minimum Gasteiger partial charge on any atom is -0.309 e. The van der Waals surface area contributed by atoms with Crippen molar-refractivity contribution < 1.29 is 4.79 Å². The lowest BCUT2D eigenvalue weighted by atomic mass is 9.79. The number of likely N-dealkylation sites (tertiary alicyclic amines) is 1. The molecule has 2 heterocycles. The molecule has 1 aromatic heterocycles. The summed E-state index contributed by atoms with van der Waals surface area (Å²) in [5.41, 5.74) is 0.0655. The number of ketones is 1. The van der Waals surface area contributed by atoms with Crippen molar-refractivity contribution in [1.82, 2.24) is 14.9 Å². The van der Waals surface area contributed by atoms with Crippen LogP contribution in [0, 0.1) is 0 Å². The number of fused-ring (bicyclic) bond motifs is 1. The first-order valence-electron chi connectivity index (χ1n) is 7.96. The molecule has 1 fully saturated rings. The van der Waals surface area contributed by atoms with Crippen LogP contribution in [0.4, 0.5) is 0 Å². The van der Waals surface area contributed by atoms with Crippen LogP contribution in [-0.2, 0) is 11.3 Å². The van der Waals surface area contributed by atoms with Gasteiger partial charge < -0.3 is 4.98 Å². The second-order valence-corrected chi connectivity index (χ2v) is 7.63. The second kappa shape index (κ2) is 5.27. The maximum Gasteiger partial charge on any atom is 0.258 e. The molecule has 0 amide bonds. The van der Waals surface area contributed by atoms with E-state index in [0.717, 1.165) is 0 Å². The van der Waals surface area contributed by atoms with Crippen molar-refractivity contribution in [2.45, 2.75) is 58.2 Å². The Hall–Kier alpha value is -2.01. The summed E-state index contributed by atoms with van der Waals surface area (Å²) in [4.78, 5) is 34.0. The summed E-state index contributed by atoms with van der Waals surface area (Å²) in [7, 11) is 0. The second-order valence-electron chi connectivity index (χ2n) is 7.63. The first kappa shape index (κ1) is 15.9. The fraction of sp³-hybridized carbons (Fsp3) is 0.500. The Morgan fingerprint density at radius 3 is 2.35 bits per heavy atom. The number of H-pyrrole nitrogens is 1. The van der Waals surface area contributed by atoms with Gasteiger partial charge in [-0.1, -0.05) is 12.1 Å². The molecule has 5 nitrogen and oxygen atoms in total. The first-order chi connectivity index (χ1) is 10.7. The number of aromatic amines is 1. The molecule has 0 aliphatic carbocycles. The van der Waals surface area contributed by atoms with Gasteiger partial charge in [-0.15, -0.1) is 0 Å². The first-order valence-corrected chi connectivity index (χ1v) is 7.96. The fourth-order valence-corrected chi connectivity index (χ4v) is 3.83. The summed E-state index contributed by atoms with van der Waals surface area (Å²) < 4.78 is 0. The normalized spacial score (nSPS) is 20.8. The molecule has 1 aromatic carbocycles. The molecule has 0 radical (unpaired) electrons. The third-order valence-corrected chi connectivity index (χ3v) is 4.69. The lowest BCUT2D eigenvalue weighted by Gasteiger charge is -2.51. The molecule has 0 unspecified atom stereocenters. The van der Waals surface area contributed by atoms with Crippen LogP contribution in [0.15, 0.2) is 29.1 Å². The number of piperidine rings is 1. The van der Waals surface area contributed by atoms with E-state index < -0.39 is 0 Å². The maximum absolute atomic E-state index is 12.2. The Balaban J connectivity index is 2.00. The molecule has 122 valence electrons. The van der Waals surface area contributed by atoms with Gasteiger partial charge in [0, 0.05) is 23.9 Å². The molecule has 0 spiro atoms. The third kappa shape index (κ3) is 2.93. The van der Waals surface area contributed by atoms with Crippen molar-refractivity contribution in [2.75, 3.05) is 0 Å². The van der Waals surface area contributed by atoms with Gasteiger partial charge in [-0.05, 0) is 39.8 Å². The number of hydrogen-bond donors (Lipinski definition) is 1. The van der Waals surface area contributed by atoms with Crippen molar-refractivity contribution in [2.24, 2.45) is 0 Å². The smallest absolute Gasteiger partial charge is 0.258 e. The van der Waals surface area contributed by atoms with Crippen LogP contribution in [0.3, 0.4) is 0 Å². The van der Waals surface area contributed by atoms with Gasteiger partial charge in [0.15, 0.2) is 0 Å². The van der Waals surface area contributed by atoms with Gasteiger partial charge in [0.05, 0.1) is 17.4 Å². The van der Waals surface area contributed by atoms with Crippen LogP contribution in [-0.4, -0.2) is 31.7 Å². The number of hydrogen-bond acceptors (Lipinski definition) is 4. The zero-order chi connectivity index (χ0) is 16.8. The molecule has 5 heteroatoms. The molecular formula is C18H23N3O2. The summed E-state index contributed by atoms with van der Waals surface area (Å²) in [5, 5.41) is 0.601. The summed E-state index contributed by atoms with van der Waals surface area (Å²) in [5.74, 6) is 0.931. The summed E-state index contributed by atoms with van der Waals surface area (Å²) in [6.45, 7) is 8.82. The van der Waals surface area contributed by atoms with E-state index in [9.17, 15) is 9.59 Å². The van der Waals surface area contributed by atoms with Crippen molar-refractivity contribution in [3.05, 3.63) is 40.4 Å². The highest BCUT2D eigenvalue weighted by atomic mass is 16.1. The Morgan fingerprint density at radius 2 is 1.70 bits per heavy atom. The molecule has 0 bridgehead atoms. The number of carbonyl (C=O) groups is 1. The van der Waals surface area contributed by atoms with Gasteiger partial charge in [-0.25, -0.2) is 4.98 Å². The largest absolute Gasteiger partial charge is 0.309 e. The van der Waals surface area contributed by atoms with E-state index in [4.69, 9.17) is 0 Å². The quantitative estimate of drug-likeness (QED) is 0.925. The molecule has 0 saturated carbocycles. The van der Waals surface area contributed by atoms with Gasteiger partial charge in [-0.3, -0.25) is 14.5 Å². The Bertz CT molecular complexity index is 800. The van der Waals surface area contributed by atoms with Crippen LogP contribution in [0.2, 0.25) is 0 Å². The van der Waals surface area contributed by atoms with E-state index in [1.165, 1.54) is 0 Å². The highest BCUT2D eigenvalue weighted by molar-refractivity contribution is 5.81. The Labute approximate surface area is 135 Å². The minimum absolute atomic E-state index is 0.116. The lowest BCUT2D eigenvalue weighted by molar-refractivity contribution is -0.134. The molecule has 0 atom stereocenters. The van der Waals surface area contributed by atoms with Crippen LogP contribution < -0.4 is 5.56 Å². The van der Waals surface area contributed by atoms with E-state index in [1.807, 2.05) is 18.2 Å². The summed E-state index contributed by atoms with van der Waals surface area (Å²) in [6.07, 6.45) is 1.04. The number of carbonyl (C=O) groups excluding carboxylic acids is 1. The molecule has 1 aliphatic heterocycles. The average Bonchev–Trinajstić information content (AvgIpc) is 2.42. The Kier molecular flexibility index (Phi) is 3.64. The number of nitrogens with one attached hydrogen (secondary N) is 1. The molecule has 1 N–H and O–H groups in total. The van der Waals surface area contributed by atoms with Gasteiger partial charge in [0.1, 0.15) is 11.6 Å². The highest BCUT2D eigenvalue weighted by Gasteiger charge is 2.44. The molecule has 2 aromatic rings. The van der Waals surface area contributed by atoms with E-state index in [1.54, 1.807) is 6.07 Å². The van der Waals surface area contributed by atoms with E-state index in [0.29, 0.717) is 36.1 Å². The Morgan fingerprint density at radius 1 is 1.09 bits per heavy atom. The predicted molar refractivity (Wildman–Crippen MR) is 90.3 cm³/mol. The zero-order valence-corrected chi connectivity index (χ0v) is 14.1. The molecular weight excluding hydrogens is 290 g/mol.